The number of nitrogens with zero attached hydrogens (tertiary/aromatic N) is 2. The van der Waals surface area contributed by atoms with Crippen LogP contribution >= 0.6 is 0 Å². The van der Waals surface area contributed by atoms with Gasteiger partial charge in [-0.15, -0.1) is 0 Å². The van der Waals surface area contributed by atoms with Gasteiger partial charge in [-0.05, 0) is 19.1 Å². The van der Waals surface area contributed by atoms with Crippen molar-refractivity contribution in [1.82, 2.24) is 4.98 Å². The third kappa shape index (κ3) is 2.61. The highest BCUT2D eigenvalue weighted by atomic mass is 32.2. The number of aliphatic hydroxyl groups excluding tert-OH is 1. The lowest BCUT2D eigenvalue weighted by Gasteiger charge is -2.33. The minimum atomic E-state index is -3.00. The molecular formula is C15H18N2O3S. The zero-order valence-electron chi connectivity index (χ0n) is 11.9. The summed E-state index contributed by atoms with van der Waals surface area (Å²) in [5, 5.41) is 10.2. The van der Waals surface area contributed by atoms with Gasteiger partial charge in [0.05, 0.1) is 23.1 Å². The standard InChI is InChI=1S/C15H18N2O3S/c1-11-9-17(6-7-21(11,19)20)15-13(10-18)8-12-4-2-3-5-14(12)16-15/h2-5,8,11,18H,6-7,9-10H2,1H3. The van der Waals surface area contributed by atoms with E-state index in [0.717, 1.165) is 16.5 Å². The van der Waals surface area contributed by atoms with Crippen LogP contribution < -0.4 is 4.90 Å². The van der Waals surface area contributed by atoms with Crippen LogP contribution in [0.2, 0.25) is 0 Å². The Hall–Kier alpha value is -1.66. The normalized spacial score (nSPS) is 21.6. The minimum absolute atomic E-state index is 0.106. The molecular weight excluding hydrogens is 288 g/mol. The van der Waals surface area contributed by atoms with Crippen LogP contribution in [0.15, 0.2) is 30.3 Å². The molecule has 0 saturated carbocycles. The summed E-state index contributed by atoms with van der Waals surface area (Å²) in [4.78, 5) is 6.58. The van der Waals surface area contributed by atoms with E-state index >= 15 is 0 Å². The number of pyridine rings is 1. The number of hydrogen-bond donors (Lipinski definition) is 1. The molecule has 1 fully saturated rings. The lowest BCUT2D eigenvalue weighted by molar-refractivity contribution is 0.282. The van der Waals surface area contributed by atoms with E-state index < -0.39 is 15.1 Å². The van der Waals surface area contributed by atoms with E-state index in [1.165, 1.54) is 0 Å². The first-order chi connectivity index (χ1) is 10.0. The smallest absolute Gasteiger partial charge is 0.156 e. The van der Waals surface area contributed by atoms with Gasteiger partial charge in [0, 0.05) is 24.0 Å². The summed E-state index contributed by atoms with van der Waals surface area (Å²) < 4.78 is 23.7. The molecule has 1 N–H and O–H groups in total. The van der Waals surface area contributed by atoms with Gasteiger partial charge in [-0.1, -0.05) is 18.2 Å². The first kappa shape index (κ1) is 14.3. The van der Waals surface area contributed by atoms with Crippen LogP contribution in [0.4, 0.5) is 5.82 Å². The number of anilines is 1. The van der Waals surface area contributed by atoms with E-state index in [2.05, 4.69) is 4.98 Å². The maximum Gasteiger partial charge on any atom is 0.156 e. The van der Waals surface area contributed by atoms with Gasteiger partial charge in [-0.2, -0.15) is 0 Å². The molecule has 112 valence electrons. The van der Waals surface area contributed by atoms with Gasteiger partial charge in [-0.25, -0.2) is 13.4 Å². The fraction of sp³-hybridized carbons (Fsp3) is 0.400. The van der Waals surface area contributed by atoms with Gasteiger partial charge in [0.15, 0.2) is 9.84 Å². The lowest BCUT2D eigenvalue weighted by atomic mass is 10.1. The van der Waals surface area contributed by atoms with E-state index in [0.29, 0.717) is 18.9 Å². The molecule has 21 heavy (non-hydrogen) atoms. The van der Waals surface area contributed by atoms with Gasteiger partial charge in [0.25, 0.3) is 0 Å². The highest BCUT2D eigenvalue weighted by Gasteiger charge is 2.30. The molecule has 5 nitrogen and oxygen atoms in total. The van der Waals surface area contributed by atoms with Crippen LogP contribution in [0, 0.1) is 0 Å². The number of hydrogen-bond acceptors (Lipinski definition) is 5. The third-order valence-electron chi connectivity index (χ3n) is 3.99. The number of benzene rings is 1. The highest BCUT2D eigenvalue weighted by molar-refractivity contribution is 7.92. The molecule has 0 bridgehead atoms. The van der Waals surface area contributed by atoms with Crippen molar-refractivity contribution in [3.63, 3.8) is 0 Å². The van der Waals surface area contributed by atoms with Crippen LogP contribution in [0.25, 0.3) is 10.9 Å². The Balaban J connectivity index is 2.03. The van der Waals surface area contributed by atoms with Crippen molar-refractivity contribution in [1.29, 1.82) is 0 Å². The Morgan fingerprint density at radius 1 is 1.38 bits per heavy atom. The highest BCUT2D eigenvalue weighted by Crippen LogP contribution is 2.26. The van der Waals surface area contributed by atoms with Gasteiger partial charge >= 0.3 is 0 Å². The number of fused-ring (bicyclic) bond motifs is 1. The maximum absolute atomic E-state index is 11.8. The van der Waals surface area contributed by atoms with E-state index in [4.69, 9.17) is 0 Å². The summed E-state index contributed by atoms with van der Waals surface area (Å²) in [5.41, 5.74) is 1.59. The second kappa shape index (κ2) is 5.27. The quantitative estimate of drug-likeness (QED) is 0.907. The SMILES string of the molecule is CC1CN(c2nc3ccccc3cc2CO)CCS1(=O)=O. The first-order valence-electron chi connectivity index (χ1n) is 6.97. The minimum Gasteiger partial charge on any atom is -0.392 e. The molecule has 1 saturated heterocycles. The van der Waals surface area contributed by atoms with E-state index in [-0.39, 0.29) is 12.4 Å². The van der Waals surface area contributed by atoms with Crippen molar-refractivity contribution in [2.75, 3.05) is 23.7 Å². The van der Waals surface area contributed by atoms with Crippen molar-refractivity contribution < 1.29 is 13.5 Å². The zero-order chi connectivity index (χ0) is 15.0. The third-order valence-corrected chi connectivity index (χ3v) is 6.11. The number of aliphatic hydroxyl groups is 1. The van der Waals surface area contributed by atoms with Gasteiger partial charge in [0.1, 0.15) is 5.82 Å². The van der Waals surface area contributed by atoms with E-state index in [9.17, 15) is 13.5 Å². The summed E-state index contributed by atoms with van der Waals surface area (Å²) in [6.45, 7) is 2.46. The summed E-state index contributed by atoms with van der Waals surface area (Å²) in [6, 6.07) is 9.64. The molecule has 6 heteroatoms. The molecule has 1 aromatic heterocycles. The summed E-state index contributed by atoms with van der Waals surface area (Å²) in [6.07, 6.45) is 0. The molecule has 0 spiro atoms. The molecule has 1 aromatic carbocycles. The van der Waals surface area contributed by atoms with Crippen molar-refractivity contribution in [2.24, 2.45) is 0 Å². The largest absolute Gasteiger partial charge is 0.392 e. The Morgan fingerprint density at radius 3 is 2.86 bits per heavy atom. The topological polar surface area (TPSA) is 70.5 Å². The van der Waals surface area contributed by atoms with E-state index in [1.807, 2.05) is 35.2 Å². The monoisotopic (exact) mass is 306 g/mol. The number of aromatic nitrogens is 1. The summed E-state index contributed by atoms with van der Waals surface area (Å²) in [7, 11) is -3.00. The van der Waals surface area contributed by atoms with Crippen LogP contribution in [-0.2, 0) is 16.4 Å². The van der Waals surface area contributed by atoms with Crippen molar-refractivity contribution in [3.8, 4) is 0 Å². The number of rotatable bonds is 2. The fourth-order valence-electron chi connectivity index (χ4n) is 2.69. The molecule has 3 rings (SSSR count). The first-order valence-corrected chi connectivity index (χ1v) is 8.69. The average Bonchev–Trinajstić information content (AvgIpc) is 2.48. The predicted molar refractivity (Wildman–Crippen MR) is 83.1 cm³/mol. The summed E-state index contributed by atoms with van der Waals surface area (Å²) in [5.74, 6) is 0.825. The molecule has 0 aliphatic carbocycles. The Bertz CT molecular complexity index is 774. The van der Waals surface area contributed by atoms with E-state index in [1.54, 1.807) is 6.92 Å². The average molecular weight is 306 g/mol. The molecule has 2 heterocycles. The zero-order valence-corrected chi connectivity index (χ0v) is 12.7. The predicted octanol–water partition coefficient (Wildman–Crippen LogP) is 1.35. The Kier molecular flexibility index (Phi) is 3.59. The van der Waals surface area contributed by atoms with Crippen LogP contribution in [0.1, 0.15) is 12.5 Å². The second-order valence-corrected chi connectivity index (χ2v) is 7.98. The molecule has 1 atom stereocenters. The van der Waals surface area contributed by atoms with Crippen molar-refractivity contribution in [2.45, 2.75) is 18.8 Å². The van der Waals surface area contributed by atoms with Gasteiger partial charge in [-0.3, -0.25) is 0 Å². The van der Waals surface area contributed by atoms with Crippen molar-refractivity contribution >= 4 is 26.6 Å². The maximum atomic E-state index is 11.8. The van der Waals surface area contributed by atoms with Gasteiger partial charge in [0.2, 0.25) is 0 Å². The Labute approximate surface area is 124 Å². The number of sulfone groups is 1. The Morgan fingerprint density at radius 2 is 2.14 bits per heavy atom. The van der Waals surface area contributed by atoms with Crippen molar-refractivity contribution in [3.05, 3.63) is 35.9 Å². The van der Waals surface area contributed by atoms with Crippen LogP contribution in [-0.4, -0.2) is 42.6 Å². The fourth-order valence-corrected chi connectivity index (χ4v) is 3.97. The number of para-hydroxylation sites is 1. The molecule has 0 amide bonds. The molecule has 1 aliphatic rings. The summed E-state index contributed by atoms with van der Waals surface area (Å²) >= 11 is 0. The van der Waals surface area contributed by atoms with Crippen LogP contribution in [0.5, 0.6) is 0 Å². The van der Waals surface area contributed by atoms with Gasteiger partial charge < -0.3 is 10.0 Å². The second-order valence-electron chi connectivity index (χ2n) is 5.45. The molecule has 0 radical (unpaired) electrons. The van der Waals surface area contributed by atoms with Crippen LogP contribution in [0.3, 0.4) is 0 Å². The molecule has 2 aromatic rings. The lowest BCUT2D eigenvalue weighted by Crippen LogP contribution is -2.46. The molecule has 1 unspecified atom stereocenters. The molecule has 1 aliphatic heterocycles.